The van der Waals surface area contributed by atoms with Gasteiger partial charge in [-0.05, 0) is 209 Å². The summed E-state index contributed by atoms with van der Waals surface area (Å²) < 4.78 is 13.4. The van der Waals surface area contributed by atoms with Crippen molar-refractivity contribution in [2.75, 3.05) is 25.5 Å². The van der Waals surface area contributed by atoms with Crippen molar-refractivity contribution in [2.24, 2.45) is 17.8 Å². The Bertz CT molecular complexity index is 4470. The number of ether oxygens (including phenoxy) is 1. The van der Waals surface area contributed by atoms with Crippen LogP contribution >= 0.6 is 43.2 Å². The van der Waals surface area contributed by atoms with E-state index in [2.05, 4.69) is 110 Å². The Morgan fingerprint density at radius 3 is 2.35 bits per heavy atom. The van der Waals surface area contributed by atoms with Crippen LogP contribution in [0.25, 0.3) is 44.2 Å². The maximum atomic E-state index is 16.0. The third kappa shape index (κ3) is 11.4. The Morgan fingerprint density at radius 1 is 0.742 bits per heavy atom. The quantitative estimate of drug-likeness (QED) is 0.0698. The number of ketones is 1. The van der Waals surface area contributed by atoms with Gasteiger partial charge < -0.3 is 50.2 Å². The Kier molecular flexibility index (Phi) is 18.0. The molecule has 8 aromatic rings. The van der Waals surface area contributed by atoms with Crippen molar-refractivity contribution >= 4 is 70.7 Å². The van der Waals surface area contributed by atoms with Crippen molar-refractivity contribution < 1.29 is 49.7 Å². The minimum atomic E-state index is -1.09. The fourth-order valence-corrected chi connectivity index (χ4v) is 25.3. The molecule has 20 bridgehead atoms. The molecule has 12 nitrogen and oxygen atoms in total. The van der Waals surface area contributed by atoms with Gasteiger partial charge >= 0.3 is 0 Å². The van der Waals surface area contributed by atoms with E-state index in [1.54, 1.807) is 32.4 Å². The lowest BCUT2D eigenvalue weighted by atomic mass is 9.62. The number of aliphatic hydroxyl groups is 4. The number of aliphatic hydroxyl groups excluding tert-OH is 4. The normalized spacial score (nSPS) is 26.6. The number of Topliss-reactive ketones (excluding diaryl/α,β-unsaturated/α-hetero) is 1. The molecule has 0 radical (unpaired) electrons. The first-order valence-electron chi connectivity index (χ1n) is 35.6. The average Bonchev–Trinajstić information content (AvgIpc) is 0.868. The molecule has 7 aromatic carbocycles. The van der Waals surface area contributed by atoms with E-state index in [9.17, 15) is 35.7 Å². The first kappa shape index (κ1) is 65.7. The van der Waals surface area contributed by atoms with Crippen molar-refractivity contribution in [3.63, 3.8) is 0 Å². The summed E-state index contributed by atoms with van der Waals surface area (Å²) in [6.45, 7) is 4.93. The van der Waals surface area contributed by atoms with Crippen molar-refractivity contribution in [3.8, 4) is 45.4 Å². The van der Waals surface area contributed by atoms with Crippen LogP contribution in [-0.2, 0) is 59.2 Å². The Morgan fingerprint density at radius 2 is 1.55 bits per heavy atom. The van der Waals surface area contributed by atoms with E-state index < -0.39 is 45.6 Å². The highest BCUT2D eigenvalue weighted by atomic mass is 33.1. The van der Waals surface area contributed by atoms with Crippen molar-refractivity contribution in [1.29, 1.82) is 0 Å². The van der Waals surface area contributed by atoms with Crippen LogP contribution in [0.4, 0.5) is 0 Å². The van der Waals surface area contributed by atoms with Crippen LogP contribution in [0.1, 0.15) is 181 Å². The van der Waals surface area contributed by atoms with E-state index >= 15 is 9.59 Å². The molecule has 2 spiro atoms. The first-order chi connectivity index (χ1) is 47.1. The molecule has 11 aliphatic heterocycles. The topological polar surface area (TPSA) is 210 Å². The Labute approximate surface area is 583 Å². The zero-order valence-electron chi connectivity index (χ0n) is 55.2. The zero-order valence-corrected chi connectivity index (χ0v) is 58.5. The third-order valence-corrected chi connectivity index (χ3v) is 29.4. The summed E-state index contributed by atoms with van der Waals surface area (Å²) in [6, 6.07) is 36.0. The fraction of sp³-hybridized carbons (Fsp3) is 0.457. The number of aromatic hydroxyl groups is 3. The number of fused-ring (bicyclic) bond motifs is 4. The van der Waals surface area contributed by atoms with Gasteiger partial charge in [0.15, 0.2) is 5.76 Å². The number of hydrogen-bond acceptors (Lipinski definition) is 16. The third-order valence-electron chi connectivity index (χ3n) is 23.4. The fourth-order valence-electron chi connectivity index (χ4n) is 18.9. The maximum Gasteiger partial charge on any atom is 0.238 e. The molecule has 1 aromatic heterocycles. The highest BCUT2D eigenvalue weighted by molar-refractivity contribution is 8.77. The number of hydrogen-bond donors (Lipinski definition) is 8. The zero-order chi connectivity index (χ0) is 66.6. The second-order valence-electron chi connectivity index (χ2n) is 29.9. The second kappa shape index (κ2) is 26.6. The summed E-state index contributed by atoms with van der Waals surface area (Å²) in [5.41, 5.74) is 12.1. The SMILES string of the molecule is CC(C)Cc1cc2c3c(c1O)Cc1cccc(c1)[C@@H]1NC[C@H](Cc4cccc(c4)CC(=O)C4(CCCCC4)c4ccc(cc4)C[C@@]45SSCCC[C@@H](O)[C@H]6C[C@@H](c7c(cc8c9c(ccc4c79)C[C@@H](CCCO)[C@H]8CCO)-c4c(O)cc7oc-2c(O)c(=O)c7c4O6)[C@@H]5O)C[C@H]1SSC3. The van der Waals surface area contributed by atoms with Crippen molar-refractivity contribution in [3.05, 3.63) is 186 Å². The van der Waals surface area contributed by atoms with Crippen molar-refractivity contribution in [2.45, 2.75) is 187 Å². The number of carbonyl (C=O) groups excluding carboxylic acids is 1. The summed E-state index contributed by atoms with van der Waals surface area (Å²) in [4.78, 5) is 31.5. The van der Waals surface area contributed by atoms with Gasteiger partial charge in [-0.2, -0.15) is 0 Å². The van der Waals surface area contributed by atoms with Gasteiger partial charge in [-0.15, -0.1) is 0 Å². The van der Waals surface area contributed by atoms with E-state index in [1.807, 2.05) is 16.9 Å². The molecule has 12 heterocycles. The van der Waals surface area contributed by atoms with Gasteiger partial charge in [0.1, 0.15) is 40.1 Å². The molecule has 97 heavy (non-hydrogen) atoms. The molecule has 3 aliphatic carbocycles. The largest absolute Gasteiger partial charge is 0.507 e. The van der Waals surface area contributed by atoms with Gasteiger partial charge in [0.2, 0.25) is 11.2 Å². The van der Waals surface area contributed by atoms with E-state index in [4.69, 9.17) is 9.15 Å². The second-order valence-corrected chi connectivity index (χ2v) is 35.2. The monoisotopic (exact) mass is 1380 g/mol. The number of benzene rings is 7. The number of rotatable bonds is 7. The minimum Gasteiger partial charge on any atom is -0.507 e. The van der Waals surface area contributed by atoms with Gasteiger partial charge in [0.05, 0.1) is 27.9 Å². The van der Waals surface area contributed by atoms with Gasteiger partial charge in [0, 0.05) is 72.0 Å². The van der Waals surface area contributed by atoms with Gasteiger partial charge in [0.25, 0.3) is 0 Å². The highest BCUT2D eigenvalue weighted by Crippen LogP contribution is 2.64. The predicted molar refractivity (Wildman–Crippen MR) is 392 cm³/mol. The van der Waals surface area contributed by atoms with E-state index in [0.717, 1.165) is 112 Å². The van der Waals surface area contributed by atoms with Crippen LogP contribution < -0.4 is 15.5 Å². The lowest BCUT2D eigenvalue weighted by molar-refractivity contribution is -0.125. The smallest absolute Gasteiger partial charge is 0.238 e. The standard InChI is InChI=1S/C81H87NO11S4/c1-43(2)28-52-36-57-60-42-95-96-66-33-48(41-82-73(66)51-13-7-12-47(31-51)32-56(60)74(52)88)30-45-10-6-11-46(29-45)34-67(87)80(23-4-3-5-24-80)53-19-16-44(17-20-53)40-81-61-21-18-50-35-49(14-8-25-83)54(22-26-84)55-37-58-69(71(61)68(50)55)59(79(81)91)38-64(62(85)15-9-27-94-97-81)92-78-70(58)63(86)39-65-72(78)75(89)76(90)77(57)93-65/h6-7,10-13,16-21,29,31,36-37,39,43,48-49,54,59,62,64,66,73,79,82-86,88,90-91H,3-5,8-9,14-15,22-28,30,32-35,38,40-42H2,1-2H3/t48-,49-,54-,59+,62-,64-,66-,73+,79+,81-/m1/s1. The molecular formula is C81H87NO11S4. The van der Waals surface area contributed by atoms with Crippen LogP contribution in [0.2, 0.25) is 0 Å². The lowest BCUT2D eigenvalue weighted by Gasteiger charge is -2.49. The van der Waals surface area contributed by atoms with Crippen LogP contribution in [0.3, 0.4) is 0 Å². The summed E-state index contributed by atoms with van der Waals surface area (Å²) in [7, 11) is 6.89. The molecule has 506 valence electrons. The van der Waals surface area contributed by atoms with E-state index in [-0.39, 0.29) is 94.0 Å². The number of phenols is 2. The highest BCUT2D eigenvalue weighted by Gasteiger charge is 2.54. The van der Waals surface area contributed by atoms with E-state index in [1.165, 1.54) is 17.2 Å². The molecule has 14 aliphatic rings. The van der Waals surface area contributed by atoms with Gasteiger partial charge in [-0.1, -0.05) is 161 Å². The summed E-state index contributed by atoms with van der Waals surface area (Å²) >= 11 is 0. The molecule has 22 rings (SSSR count). The molecular weight excluding hydrogens is 1290 g/mol. The summed E-state index contributed by atoms with van der Waals surface area (Å²) in [5.74, 6) is 0.00767. The first-order valence-corrected chi connectivity index (χ1v) is 40.3. The molecule has 0 amide bonds. The molecule has 16 heteroatoms. The summed E-state index contributed by atoms with van der Waals surface area (Å²) in [5, 5.41) is 93.1. The number of carbonyl (C=O) groups is 1. The van der Waals surface area contributed by atoms with Gasteiger partial charge in [-0.3, -0.25) is 9.59 Å². The van der Waals surface area contributed by atoms with E-state index in [0.29, 0.717) is 104 Å². The number of phenolic OH excluding ortho intramolecular Hbond substituents is 2. The molecule has 8 N–H and O–H groups in total. The maximum absolute atomic E-state index is 16.0. The van der Waals surface area contributed by atoms with Crippen LogP contribution in [0.5, 0.6) is 23.0 Å². The average molecular weight is 1380 g/mol. The molecule has 0 unspecified atom stereocenters. The molecule has 1 saturated carbocycles. The van der Waals surface area contributed by atoms with Crippen LogP contribution in [-0.4, -0.2) is 90.6 Å². The summed E-state index contributed by atoms with van der Waals surface area (Å²) in [6.07, 6.45) is 8.28. The minimum absolute atomic E-state index is 0.0210. The van der Waals surface area contributed by atoms with Crippen LogP contribution in [0, 0.1) is 17.8 Å². The molecule has 3 fully saturated rings. The van der Waals surface area contributed by atoms with Crippen molar-refractivity contribution in [1.82, 2.24) is 5.32 Å². The molecule has 2 saturated heterocycles. The lowest BCUT2D eigenvalue weighted by Crippen LogP contribution is -2.48. The van der Waals surface area contributed by atoms with Crippen LogP contribution in [0.15, 0.2) is 112 Å². The number of piperidine rings is 1. The number of nitrogens with one attached hydrogen (secondary N) is 1. The molecule has 10 atom stereocenters. The Hall–Kier alpha value is -5.92. The Balaban J connectivity index is 0.962. The van der Waals surface area contributed by atoms with Gasteiger partial charge in [-0.25, -0.2) is 0 Å². The predicted octanol–water partition coefficient (Wildman–Crippen LogP) is 15.7.